The summed E-state index contributed by atoms with van der Waals surface area (Å²) in [4.78, 5) is 2.87. The summed E-state index contributed by atoms with van der Waals surface area (Å²) < 4.78 is 0. The molecule has 1 saturated carbocycles. The summed E-state index contributed by atoms with van der Waals surface area (Å²) in [5.74, 6) is 0.606. The molecule has 0 aromatic heterocycles. The van der Waals surface area contributed by atoms with E-state index in [-0.39, 0.29) is 0 Å². The van der Waals surface area contributed by atoms with Crippen LogP contribution in [0.15, 0.2) is 0 Å². The molecular formula is C4H6N2. The number of rotatable bonds is 1. The Kier molecular flexibility index (Phi) is 0.731. The summed E-state index contributed by atoms with van der Waals surface area (Å²) >= 11 is 0. The predicted octanol–water partition coefficient (Wildman–Crippen LogP) is 0.697. The lowest BCUT2D eigenvalue weighted by atomic mass is 10.5. The molecule has 0 heterocycles. The Bertz CT molecular complexity index is 87.7. The molecule has 0 unspecified atom stereocenters. The second-order valence-electron chi connectivity index (χ2n) is 1.60. The maximum atomic E-state index is 7.85. The SMILES string of the molecule is [N-]=[N+]=CC1CC1. The van der Waals surface area contributed by atoms with Crippen LogP contribution in [0.2, 0.25) is 0 Å². The molecule has 0 N–H and O–H groups in total. The molecule has 1 fully saturated rings. The molecule has 1 aliphatic rings. The van der Waals surface area contributed by atoms with Crippen molar-refractivity contribution in [1.29, 1.82) is 0 Å². The molecule has 0 spiro atoms. The fraction of sp³-hybridized carbons (Fsp3) is 0.750. The molecule has 0 radical (unpaired) electrons. The molecule has 6 heavy (non-hydrogen) atoms. The summed E-state index contributed by atoms with van der Waals surface area (Å²) in [6, 6.07) is 0. The Balaban J connectivity index is 2.33. The van der Waals surface area contributed by atoms with E-state index < -0.39 is 0 Å². The van der Waals surface area contributed by atoms with E-state index in [0.717, 1.165) is 0 Å². The van der Waals surface area contributed by atoms with Gasteiger partial charge in [0.15, 0.2) is 0 Å². The van der Waals surface area contributed by atoms with E-state index in [4.69, 9.17) is 5.53 Å². The lowest BCUT2D eigenvalue weighted by Gasteiger charge is -1.54. The Hall–Kier alpha value is -0.620. The van der Waals surface area contributed by atoms with Crippen molar-refractivity contribution in [2.45, 2.75) is 12.8 Å². The van der Waals surface area contributed by atoms with Gasteiger partial charge in [0.1, 0.15) is 0 Å². The van der Waals surface area contributed by atoms with Gasteiger partial charge in [-0.15, -0.1) is 0 Å². The first-order valence-corrected chi connectivity index (χ1v) is 2.11. The number of hydrogen-bond acceptors (Lipinski definition) is 0. The maximum absolute atomic E-state index is 7.85. The Morgan fingerprint density at radius 3 is 2.50 bits per heavy atom. The van der Waals surface area contributed by atoms with Gasteiger partial charge in [0.2, 0.25) is 0 Å². The summed E-state index contributed by atoms with van der Waals surface area (Å²) in [5, 5.41) is 0. The van der Waals surface area contributed by atoms with E-state index in [0.29, 0.717) is 5.92 Å². The first kappa shape index (κ1) is 3.57. The third kappa shape index (κ3) is 0.661. The van der Waals surface area contributed by atoms with Crippen LogP contribution in [-0.2, 0) is 0 Å². The predicted molar refractivity (Wildman–Crippen MR) is 22.4 cm³/mol. The van der Waals surface area contributed by atoms with Gasteiger partial charge < -0.3 is 5.53 Å². The molecule has 2 nitrogen and oxygen atoms in total. The first-order chi connectivity index (χ1) is 2.93. The minimum atomic E-state index is 0.606. The summed E-state index contributed by atoms with van der Waals surface area (Å²) in [5.41, 5.74) is 7.85. The lowest BCUT2D eigenvalue weighted by Crippen LogP contribution is -1.71. The third-order valence-corrected chi connectivity index (χ3v) is 0.899. The highest BCUT2D eigenvalue weighted by atomic mass is 14.8. The fourth-order valence-corrected chi connectivity index (χ4v) is 0.340. The van der Waals surface area contributed by atoms with Gasteiger partial charge in [0.25, 0.3) is 6.21 Å². The van der Waals surface area contributed by atoms with Crippen LogP contribution < -0.4 is 0 Å². The van der Waals surface area contributed by atoms with Crippen LogP contribution in [0, 0.1) is 5.92 Å². The minimum absolute atomic E-state index is 0.606. The lowest BCUT2D eigenvalue weighted by molar-refractivity contribution is -0.000160. The van der Waals surface area contributed by atoms with Crippen LogP contribution >= 0.6 is 0 Å². The highest BCUT2D eigenvalue weighted by molar-refractivity contribution is 5.57. The van der Waals surface area contributed by atoms with E-state index in [9.17, 15) is 0 Å². The Labute approximate surface area is 36.4 Å². The van der Waals surface area contributed by atoms with Crippen molar-refractivity contribution in [2.24, 2.45) is 5.92 Å². The monoisotopic (exact) mass is 82.1 g/mol. The van der Waals surface area contributed by atoms with Gasteiger partial charge in [0.05, 0.1) is 5.92 Å². The van der Waals surface area contributed by atoms with Gasteiger partial charge in [-0.05, 0) is 12.8 Å². The van der Waals surface area contributed by atoms with Gasteiger partial charge in [-0.2, -0.15) is 4.79 Å². The minimum Gasteiger partial charge on any atom is -0.362 e. The highest BCUT2D eigenvalue weighted by Gasteiger charge is 2.22. The summed E-state index contributed by atoms with van der Waals surface area (Å²) in [6.45, 7) is 0. The topological polar surface area (TPSA) is 36.4 Å². The summed E-state index contributed by atoms with van der Waals surface area (Å²) in [7, 11) is 0. The van der Waals surface area contributed by atoms with E-state index >= 15 is 0 Å². The quantitative estimate of drug-likeness (QED) is 0.253. The average Bonchev–Trinajstić information content (AvgIpc) is 2.21. The van der Waals surface area contributed by atoms with Crippen molar-refractivity contribution in [3.8, 4) is 0 Å². The molecule has 0 aliphatic heterocycles. The number of nitrogens with zero attached hydrogens (tertiary/aromatic N) is 2. The fourth-order valence-electron chi connectivity index (χ4n) is 0.340. The van der Waals surface area contributed by atoms with Crippen molar-refractivity contribution in [3.05, 3.63) is 5.53 Å². The zero-order chi connectivity index (χ0) is 4.41. The summed E-state index contributed by atoms with van der Waals surface area (Å²) in [6.07, 6.45) is 4.01. The molecule has 0 bridgehead atoms. The second kappa shape index (κ2) is 1.23. The van der Waals surface area contributed by atoms with E-state index in [1.165, 1.54) is 12.8 Å². The molecule has 0 saturated heterocycles. The van der Waals surface area contributed by atoms with Crippen molar-refractivity contribution >= 4 is 6.21 Å². The van der Waals surface area contributed by atoms with Crippen LogP contribution in [-0.4, -0.2) is 11.0 Å². The molecule has 0 aromatic carbocycles. The van der Waals surface area contributed by atoms with Crippen molar-refractivity contribution < 1.29 is 4.79 Å². The Morgan fingerprint density at radius 2 is 2.33 bits per heavy atom. The number of hydrogen-bond donors (Lipinski definition) is 0. The van der Waals surface area contributed by atoms with Crippen LogP contribution in [0.3, 0.4) is 0 Å². The molecule has 2 heteroatoms. The van der Waals surface area contributed by atoms with Crippen LogP contribution in [0.4, 0.5) is 0 Å². The molecule has 0 atom stereocenters. The molecule has 32 valence electrons. The highest BCUT2D eigenvalue weighted by Crippen LogP contribution is 2.25. The van der Waals surface area contributed by atoms with Crippen LogP contribution in [0.25, 0.3) is 5.53 Å². The zero-order valence-corrected chi connectivity index (χ0v) is 3.46. The largest absolute Gasteiger partial charge is 0.362 e. The van der Waals surface area contributed by atoms with Gasteiger partial charge in [-0.3, -0.25) is 0 Å². The van der Waals surface area contributed by atoms with E-state index in [1.807, 2.05) is 0 Å². The molecule has 1 aliphatic carbocycles. The maximum Gasteiger partial charge on any atom is 0.260 e. The smallest absolute Gasteiger partial charge is 0.260 e. The van der Waals surface area contributed by atoms with Crippen molar-refractivity contribution in [2.75, 3.05) is 0 Å². The molecular weight excluding hydrogens is 76.1 g/mol. The van der Waals surface area contributed by atoms with Crippen molar-refractivity contribution in [3.63, 3.8) is 0 Å². The zero-order valence-electron chi connectivity index (χ0n) is 3.46. The second-order valence-corrected chi connectivity index (χ2v) is 1.60. The first-order valence-electron chi connectivity index (χ1n) is 2.11. The van der Waals surface area contributed by atoms with E-state index in [2.05, 4.69) is 4.79 Å². The van der Waals surface area contributed by atoms with Crippen LogP contribution in [0.1, 0.15) is 12.8 Å². The molecule has 0 aromatic rings. The third-order valence-electron chi connectivity index (χ3n) is 0.899. The normalized spacial score (nSPS) is 19.3. The van der Waals surface area contributed by atoms with E-state index in [1.54, 1.807) is 6.21 Å². The van der Waals surface area contributed by atoms with Crippen molar-refractivity contribution in [1.82, 2.24) is 0 Å². The van der Waals surface area contributed by atoms with Crippen LogP contribution in [0.5, 0.6) is 0 Å². The van der Waals surface area contributed by atoms with Gasteiger partial charge in [-0.1, -0.05) is 0 Å². The standard InChI is InChI=1S/C4H6N2/c5-6-3-4-1-2-4/h3-4H,1-2H2. The molecule has 1 rings (SSSR count). The average molecular weight is 82.1 g/mol. The molecule has 0 amide bonds. The van der Waals surface area contributed by atoms with Gasteiger partial charge >= 0.3 is 0 Å². The van der Waals surface area contributed by atoms with Gasteiger partial charge in [0, 0.05) is 0 Å². The Morgan fingerprint density at radius 1 is 1.67 bits per heavy atom. The van der Waals surface area contributed by atoms with Gasteiger partial charge in [-0.25, -0.2) is 0 Å².